The van der Waals surface area contributed by atoms with E-state index in [1.165, 1.54) is 0 Å². The van der Waals surface area contributed by atoms with E-state index in [-0.39, 0.29) is 6.04 Å². The molecule has 0 aliphatic carbocycles. The van der Waals surface area contributed by atoms with Gasteiger partial charge in [0.15, 0.2) is 0 Å². The van der Waals surface area contributed by atoms with Gasteiger partial charge in [0.2, 0.25) is 0 Å². The zero-order valence-electron chi connectivity index (χ0n) is 11.7. The summed E-state index contributed by atoms with van der Waals surface area (Å²) in [5.74, 6) is 0.878. The maximum atomic E-state index is 6.42. The third kappa shape index (κ3) is 3.00. The summed E-state index contributed by atoms with van der Waals surface area (Å²) in [5, 5.41) is 0.682. The van der Waals surface area contributed by atoms with Crippen LogP contribution in [0.5, 0.6) is 5.75 Å². The molecule has 0 saturated heterocycles. The highest BCUT2D eigenvalue weighted by molar-refractivity contribution is 9.10. The van der Waals surface area contributed by atoms with Gasteiger partial charge in [0.25, 0.3) is 0 Å². The van der Waals surface area contributed by atoms with Crippen molar-refractivity contribution in [2.75, 3.05) is 7.11 Å². The second-order valence-electron chi connectivity index (χ2n) is 4.82. The minimum absolute atomic E-state index is 0.229. The first-order valence-corrected chi connectivity index (χ1v) is 7.46. The van der Waals surface area contributed by atoms with Gasteiger partial charge in [0, 0.05) is 9.50 Å². The van der Waals surface area contributed by atoms with Gasteiger partial charge in [0.05, 0.1) is 13.2 Å². The van der Waals surface area contributed by atoms with Crippen molar-refractivity contribution in [1.29, 1.82) is 0 Å². The molecule has 0 aromatic heterocycles. The van der Waals surface area contributed by atoms with Gasteiger partial charge in [-0.1, -0.05) is 33.6 Å². The summed E-state index contributed by atoms with van der Waals surface area (Å²) in [7, 11) is 1.68. The van der Waals surface area contributed by atoms with Crippen LogP contribution in [0.3, 0.4) is 0 Å². The van der Waals surface area contributed by atoms with Gasteiger partial charge < -0.3 is 10.5 Å². The van der Waals surface area contributed by atoms with Crippen molar-refractivity contribution in [3.8, 4) is 5.75 Å². The first-order chi connectivity index (χ1) is 9.43. The molecule has 2 aromatic carbocycles. The van der Waals surface area contributed by atoms with Gasteiger partial charge in [-0.3, -0.25) is 0 Å². The molecular weight excluding hydrogens is 338 g/mol. The highest BCUT2D eigenvalue weighted by atomic mass is 79.9. The fourth-order valence-electron chi connectivity index (χ4n) is 2.29. The lowest BCUT2D eigenvalue weighted by molar-refractivity contribution is 0.411. The molecule has 20 heavy (non-hydrogen) atoms. The van der Waals surface area contributed by atoms with Crippen LogP contribution in [-0.2, 0) is 0 Å². The van der Waals surface area contributed by atoms with E-state index in [4.69, 9.17) is 22.1 Å². The Hall–Kier alpha value is -1.03. The molecule has 4 heteroatoms. The molecule has 1 unspecified atom stereocenters. The van der Waals surface area contributed by atoms with Crippen molar-refractivity contribution in [3.63, 3.8) is 0 Å². The largest absolute Gasteiger partial charge is 0.496 e. The second-order valence-corrected chi connectivity index (χ2v) is 6.11. The van der Waals surface area contributed by atoms with Crippen LogP contribution in [0.15, 0.2) is 34.8 Å². The number of aryl methyl sites for hydroxylation is 2. The standard InChI is InChI=1S/C16H17BrClNO/c1-9-7-15(20-3)10(2)6-12(9)16(19)13-8-11(18)4-5-14(13)17/h4-8,16H,19H2,1-3H3. The molecule has 0 fully saturated rings. The van der Waals surface area contributed by atoms with E-state index in [1.807, 2.05) is 38.1 Å². The Balaban J connectivity index is 2.50. The van der Waals surface area contributed by atoms with Crippen molar-refractivity contribution in [2.24, 2.45) is 5.73 Å². The lowest BCUT2D eigenvalue weighted by Gasteiger charge is -2.19. The van der Waals surface area contributed by atoms with Crippen molar-refractivity contribution in [1.82, 2.24) is 0 Å². The zero-order chi connectivity index (χ0) is 14.9. The molecule has 0 amide bonds. The lowest BCUT2D eigenvalue weighted by Crippen LogP contribution is -2.14. The Morgan fingerprint density at radius 2 is 1.80 bits per heavy atom. The van der Waals surface area contributed by atoms with Crippen LogP contribution in [-0.4, -0.2) is 7.11 Å². The molecule has 2 nitrogen and oxygen atoms in total. The molecule has 1 atom stereocenters. The number of rotatable bonds is 3. The Morgan fingerprint density at radius 3 is 2.45 bits per heavy atom. The molecular formula is C16H17BrClNO. The van der Waals surface area contributed by atoms with E-state index in [0.29, 0.717) is 5.02 Å². The van der Waals surface area contributed by atoms with Gasteiger partial charge >= 0.3 is 0 Å². The summed E-state index contributed by atoms with van der Waals surface area (Å²) < 4.78 is 6.30. The molecule has 106 valence electrons. The maximum absolute atomic E-state index is 6.42. The molecule has 0 spiro atoms. The quantitative estimate of drug-likeness (QED) is 0.861. The maximum Gasteiger partial charge on any atom is 0.122 e. The second kappa shape index (κ2) is 6.17. The van der Waals surface area contributed by atoms with Crippen LogP contribution in [0.1, 0.15) is 28.3 Å². The summed E-state index contributed by atoms with van der Waals surface area (Å²) >= 11 is 9.61. The topological polar surface area (TPSA) is 35.2 Å². The van der Waals surface area contributed by atoms with E-state index < -0.39 is 0 Å². The van der Waals surface area contributed by atoms with Crippen molar-refractivity contribution < 1.29 is 4.74 Å². The van der Waals surface area contributed by atoms with Gasteiger partial charge in [-0.05, 0) is 60.4 Å². The number of hydrogen-bond donors (Lipinski definition) is 1. The van der Waals surface area contributed by atoms with Crippen molar-refractivity contribution in [2.45, 2.75) is 19.9 Å². The Bertz CT molecular complexity index is 643. The molecule has 0 bridgehead atoms. The third-order valence-electron chi connectivity index (χ3n) is 3.41. The zero-order valence-corrected chi connectivity index (χ0v) is 14.0. The minimum atomic E-state index is -0.229. The molecule has 0 aliphatic rings. The average molecular weight is 355 g/mol. The van der Waals surface area contributed by atoms with E-state index in [9.17, 15) is 0 Å². The Kier molecular flexibility index (Phi) is 4.74. The molecule has 0 aliphatic heterocycles. The van der Waals surface area contributed by atoms with Crippen molar-refractivity contribution >= 4 is 27.5 Å². The summed E-state index contributed by atoms with van der Waals surface area (Å²) in [6.45, 7) is 4.05. The van der Waals surface area contributed by atoms with Crippen LogP contribution in [0.25, 0.3) is 0 Å². The molecule has 0 saturated carbocycles. The molecule has 0 heterocycles. The lowest BCUT2D eigenvalue weighted by atomic mass is 9.94. The molecule has 2 aromatic rings. The van der Waals surface area contributed by atoms with Crippen LogP contribution >= 0.6 is 27.5 Å². The summed E-state index contributed by atoms with van der Waals surface area (Å²) in [6.07, 6.45) is 0. The summed E-state index contributed by atoms with van der Waals surface area (Å²) in [4.78, 5) is 0. The van der Waals surface area contributed by atoms with Crippen molar-refractivity contribution in [3.05, 3.63) is 62.1 Å². The van der Waals surface area contributed by atoms with Crippen LogP contribution in [0.4, 0.5) is 0 Å². The predicted octanol–water partition coefficient (Wildman–Crippen LogP) is 4.78. The smallest absolute Gasteiger partial charge is 0.122 e. The van der Waals surface area contributed by atoms with Gasteiger partial charge in [-0.15, -0.1) is 0 Å². The number of hydrogen-bond acceptors (Lipinski definition) is 2. The van der Waals surface area contributed by atoms with Gasteiger partial charge in [-0.2, -0.15) is 0 Å². The first kappa shape index (κ1) is 15.4. The summed E-state index contributed by atoms with van der Waals surface area (Å²) in [5.41, 5.74) is 10.6. The third-order valence-corrected chi connectivity index (χ3v) is 4.37. The van der Waals surface area contributed by atoms with E-state index in [1.54, 1.807) is 7.11 Å². The highest BCUT2D eigenvalue weighted by Crippen LogP contribution is 2.33. The Morgan fingerprint density at radius 1 is 1.10 bits per heavy atom. The highest BCUT2D eigenvalue weighted by Gasteiger charge is 2.16. The number of benzene rings is 2. The number of halogens is 2. The SMILES string of the molecule is COc1cc(C)c(C(N)c2cc(Cl)ccc2Br)cc1C. The van der Waals surface area contributed by atoms with Crippen LogP contribution in [0, 0.1) is 13.8 Å². The molecule has 2 rings (SSSR count). The van der Waals surface area contributed by atoms with E-state index in [0.717, 1.165) is 32.5 Å². The fourth-order valence-corrected chi connectivity index (χ4v) is 2.96. The molecule has 2 N–H and O–H groups in total. The normalized spacial score (nSPS) is 12.3. The number of nitrogens with two attached hydrogens (primary N) is 1. The average Bonchev–Trinajstić information content (AvgIpc) is 2.42. The number of methoxy groups -OCH3 is 1. The predicted molar refractivity (Wildman–Crippen MR) is 87.7 cm³/mol. The van der Waals surface area contributed by atoms with E-state index >= 15 is 0 Å². The summed E-state index contributed by atoms with van der Waals surface area (Å²) in [6, 6.07) is 9.52. The minimum Gasteiger partial charge on any atom is -0.496 e. The van der Waals surface area contributed by atoms with E-state index in [2.05, 4.69) is 22.0 Å². The van der Waals surface area contributed by atoms with Gasteiger partial charge in [-0.25, -0.2) is 0 Å². The van der Waals surface area contributed by atoms with Crippen LogP contribution in [0.2, 0.25) is 5.02 Å². The monoisotopic (exact) mass is 353 g/mol. The number of ether oxygens (including phenoxy) is 1. The van der Waals surface area contributed by atoms with Crippen LogP contribution < -0.4 is 10.5 Å². The fraction of sp³-hybridized carbons (Fsp3) is 0.250. The Labute approximate surface area is 133 Å². The first-order valence-electron chi connectivity index (χ1n) is 6.29. The molecule has 0 radical (unpaired) electrons. The van der Waals surface area contributed by atoms with Gasteiger partial charge in [0.1, 0.15) is 5.75 Å².